The highest BCUT2D eigenvalue weighted by Crippen LogP contribution is 2.17. The van der Waals surface area contributed by atoms with Gasteiger partial charge in [-0.2, -0.15) is 0 Å². The number of hydrogen-bond donors (Lipinski definition) is 1. The van der Waals surface area contributed by atoms with Gasteiger partial charge in [0.05, 0.1) is 0 Å². The third kappa shape index (κ3) is 7.47. The molecule has 0 aliphatic heterocycles. The topological polar surface area (TPSA) is 58.6 Å². The van der Waals surface area contributed by atoms with Crippen molar-refractivity contribution in [3.8, 4) is 5.75 Å². The minimum Gasteiger partial charge on any atom is -0.484 e. The van der Waals surface area contributed by atoms with Crippen LogP contribution in [0.2, 0.25) is 5.02 Å². The Hall–Kier alpha value is -1.80. The lowest BCUT2D eigenvalue weighted by Crippen LogP contribution is -2.51. The number of benzene rings is 2. The van der Waals surface area contributed by atoms with Gasteiger partial charge in [-0.1, -0.05) is 37.6 Å². The van der Waals surface area contributed by atoms with Gasteiger partial charge < -0.3 is 15.0 Å². The zero-order valence-corrected chi connectivity index (χ0v) is 20.4. The van der Waals surface area contributed by atoms with Crippen LogP contribution in [0.15, 0.2) is 48.5 Å². The predicted octanol–water partition coefficient (Wildman–Crippen LogP) is 5.05. The Labute approximate surface area is 197 Å². The molecule has 2 amide bonds. The number of halogens is 2. The maximum atomic E-state index is 13.1. The number of hydrogen-bond acceptors (Lipinski definition) is 3. The van der Waals surface area contributed by atoms with Crippen LogP contribution in [-0.2, 0) is 16.1 Å². The largest absolute Gasteiger partial charge is 0.484 e. The standard InChI is InChI=1S/C23H28ClIN2O3/c1-4-16(3)26-23(29)21(5-2)27(14-17-6-8-18(24)9-7-17)22(28)15-30-20-12-10-19(25)11-13-20/h6-13,16,21H,4-5,14-15H2,1-3H3,(H,26,29)/t16-,21+/m0/s1. The van der Waals surface area contributed by atoms with Crippen molar-refractivity contribution in [1.82, 2.24) is 10.2 Å². The third-order valence-corrected chi connectivity index (χ3v) is 5.80. The molecule has 0 aliphatic carbocycles. The van der Waals surface area contributed by atoms with Crippen LogP contribution in [0, 0.1) is 3.57 Å². The number of carbonyl (C=O) groups is 2. The summed E-state index contributed by atoms with van der Waals surface area (Å²) < 4.78 is 6.78. The van der Waals surface area contributed by atoms with Gasteiger partial charge in [0, 0.05) is 21.2 Å². The maximum Gasteiger partial charge on any atom is 0.261 e. The van der Waals surface area contributed by atoms with E-state index < -0.39 is 6.04 Å². The second kappa shape index (κ2) is 12.2. The van der Waals surface area contributed by atoms with Crippen molar-refractivity contribution in [1.29, 1.82) is 0 Å². The van der Waals surface area contributed by atoms with Crippen molar-refractivity contribution in [3.05, 3.63) is 62.7 Å². The van der Waals surface area contributed by atoms with E-state index in [1.54, 1.807) is 17.0 Å². The molecule has 7 heteroatoms. The van der Waals surface area contributed by atoms with Crippen LogP contribution < -0.4 is 10.1 Å². The molecule has 0 unspecified atom stereocenters. The fraction of sp³-hybridized carbons (Fsp3) is 0.391. The molecule has 0 fully saturated rings. The van der Waals surface area contributed by atoms with E-state index in [0.29, 0.717) is 23.7 Å². The number of carbonyl (C=O) groups excluding carboxylic acids is 2. The summed E-state index contributed by atoms with van der Waals surface area (Å²) in [6, 6.07) is 14.2. The Morgan fingerprint density at radius 3 is 2.27 bits per heavy atom. The summed E-state index contributed by atoms with van der Waals surface area (Å²) in [6.45, 7) is 6.04. The average Bonchev–Trinajstić information content (AvgIpc) is 2.74. The molecule has 0 saturated heterocycles. The van der Waals surface area contributed by atoms with Crippen LogP contribution in [0.4, 0.5) is 0 Å². The van der Waals surface area contributed by atoms with E-state index in [1.165, 1.54) is 0 Å². The summed E-state index contributed by atoms with van der Waals surface area (Å²) in [4.78, 5) is 27.6. The SMILES string of the molecule is CC[C@H](C(=O)N[C@@H](C)CC)N(Cc1ccc(Cl)cc1)C(=O)COc1ccc(I)cc1. The summed E-state index contributed by atoms with van der Waals surface area (Å²) in [7, 11) is 0. The van der Waals surface area contributed by atoms with Gasteiger partial charge in [0.25, 0.3) is 5.91 Å². The molecule has 0 radical (unpaired) electrons. The highest BCUT2D eigenvalue weighted by Gasteiger charge is 2.29. The molecule has 0 saturated carbocycles. The number of rotatable bonds is 10. The van der Waals surface area contributed by atoms with E-state index in [9.17, 15) is 9.59 Å². The first kappa shape index (κ1) is 24.5. The number of nitrogens with zero attached hydrogens (tertiary/aromatic N) is 1. The highest BCUT2D eigenvalue weighted by molar-refractivity contribution is 14.1. The van der Waals surface area contributed by atoms with Gasteiger partial charge in [0.15, 0.2) is 6.61 Å². The fourth-order valence-corrected chi connectivity index (χ4v) is 3.39. The van der Waals surface area contributed by atoms with Crippen LogP contribution in [0.3, 0.4) is 0 Å². The van der Waals surface area contributed by atoms with Gasteiger partial charge >= 0.3 is 0 Å². The molecule has 0 aliphatic rings. The van der Waals surface area contributed by atoms with Crippen molar-refractivity contribution in [2.24, 2.45) is 0 Å². The highest BCUT2D eigenvalue weighted by atomic mass is 127. The van der Waals surface area contributed by atoms with Crippen LogP contribution in [-0.4, -0.2) is 35.4 Å². The summed E-state index contributed by atoms with van der Waals surface area (Å²) in [5.74, 6) is 0.227. The first-order valence-corrected chi connectivity index (χ1v) is 11.5. The third-order valence-electron chi connectivity index (χ3n) is 4.83. The summed E-state index contributed by atoms with van der Waals surface area (Å²) in [5, 5.41) is 3.62. The zero-order chi connectivity index (χ0) is 22.1. The Kier molecular flexibility index (Phi) is 9.91. The lowest BCUT2D eigenvalue weighted by atomic mass is 10.1. The molecule has 0 bridgehead atoms. The number of ether oxygens (including phenoxy) is 1. The molecule has 2 rings (SSSR count). The van der Waals surface area contributed by atoms with Crippen LogP contribution in [0.1, 0.15) is 39.2 Å². The second-order valence-electron chi connectivity index (χ2n) is 7.13. The number of amides is 2. The maximum absolute atomic E-state index is 13.1. The minimum absolute atomic E-state index is 0.0436. The molecule has 2 aromatic rings. The van der Waals surface area contributed by atoms with E-state index in [-0.39, 0.29) is 24.5 Å². The van der Waals surface area contributed by atoms with E-state index >= 15 is 0 Å². The summed E-state index contributed by atoms with van der Waals surface area (Å²) in [6.07, 6.45) is 1.33. The number of nitrogens with one attached hydrogen (secondary N) is 1. The molecule has 0 heterocycles. The van der Waals surface area contributed by atoms with Crippen LogP contribution >= 0.6 is 34.2 Å². The van der Waals surface area contributed by atoms with Crippen molar-refractivity contribution in [3.63, 3.8) is 0 Å². The Morgan fingerprint density at radius 1 is 1.07 bits per heavy atom. The van der Waals surface area contributed by atoms with E-state index in [0.717, 1.165) is 15.6 Å². The monoisotopic (exact) mass is 542 g/mol. The van der Waals surface area contributed by atoms with E-state index in [4.69, 9.17) is 16.3 Å². The summed E-state index contributed by atoms with van der Waals surface area (Å²) >= 11 is 8.20. The van der Waals surface area contributed by atoms with Crippen molar-refractivity contribution >= 4 is 46.0 Å². The second-order valence-corrected chi connectivity index (χ2v) is 8.81. The first-order valence-electron chi connectivity index (χ1n) is 10.1. The molecule has 162 valence electrons. The van der Waals surface area contributed by atoms with Gasteiger partial charge in [0.2, 0.25) is 5.91 Å². The van der Waals surface area contributed by atoms with Gasteiger partial charge in [-0.3, -0.25) is 9.59 Å². The summed E-state index contributed by atoms with van der Waals surface area (Å²) in [5.41, 5.74) is 0.900. The van der Waals surface area contributed by atoms with Crippen molar-refractivity contribution < 1.29 is 14.3 Å². The Morgan fingerprint density at radius 2 is 1.70 bits per heavy atom. The molecule has 0 aromatic heterocycles. The van der Waals surface area contributed by atoms with Crippen LogP contribution in [0.5, 0.6) is 5.75 Å². The molecule has 0 spiro atoms. The lowest BCUT2D eigenvalue weighted by Gasteiger charge is -2.31. The van der Waals surface area contributed by atoms with Gasteiger partial charge in [-0.05, 0) is 84.3 Å². The van der Waals surface area contributed by atoms with E-state index in [1.807, 2.05) is 57.2 Å². The molecule has 1 N–H and O–H groups in total. The normalized spacial score (nSPS) is 12.7. The molecule has 30 heavy (non-hydrogen) atoms. The predicted molar refractivity (Wildman–Crippen MR) is 129 cm³/mol. The molecular weight excluding hydrogens is 515 g/mol. The Balaban J connectivity index is 2.19. The van der Waals surface area contributed by atoms with E-state index in [2.05, 4.69) is 27.9 Å². The van der Waals surface area contributed by atoms with Crippen molar-refractivity contribution in [2.45, 2.75) is 52.2 Å². The molecule has 2 aromatic carbocycles. The average molecular weight is 543 g/mol. The molecular formula is C23H28ClIN2O3. The van der Waals surface area contributed by atoms with Crippen LogP contribution in [0.25, 0.3) is 0 Å². The molecule has 5 nitrogen and oxygen atoms in total. The fourth-order valence-electron chi connectivity index (χ4n) is 2.91. The lowest BCUT2D eigenvalue weighted by molar-refractivity contribution is -0.143. The smallest absolute Gasteiger partial charge is 0.261 e. The van der Waals surface area contributed by atoms with Gasteiger partial charge in [-0.15, -0.1) is 0 Å². The van der Waals surface area contributed by atoms with Gasteiger partial charge in [0.1, 0.15) is 11.8 Å². The zero-order valence-electron chi connectivity index (χ0n) is 17.5. The quantitative estimate of drug-likeness (QED) is 0.428. The minimum atomic E-state index is -0.581. The molecule has 2 atom stereocenters. The van der Waals surface area contributed by atoms with Crippen molar-refractivity contribution in [2.75, 3.05) is 6.61 Å². The first-order chi connectivity index (χ1) is 14.3. The Bertz CT molecular complexity index is 827. The van der Waals surface area contributed by atoms with Gasteiger partial charge in [-0.25, -0.2) is 0 Å².